The van der Waals surface area contributed by atoms with E-state index in [4.69, 9.17) is 13.9 Å². The van der Waals surface area contributed by atoms with Crippen molar-refractivity contribution in [3.05, 3.63) is 59.1 Å². The Labute approximate surface area is 255 Å². The lowest BCUT2D eigenvalue weighted by atomic mass is 9.62. The minimum atomic E-state index is 0.297. The predicted octanol–water partition coefficient (Wildman–Crippen LogP) is 8.79. The van der Waals surface area contributed by atoms with Crippen LogP contribution in [0.25, 0.3) is 11.1 Å². The van der Waals surface area contributed by atoms with Crippen molar-refractivity contribution < 1.29 is 13.9 Å². The van der Waals surface area contributed by atoms with Crippen LogP contribution >= 0.6 is 0 Å². The highest BCUT2D eigenvalue weighted by Crippen LogP contribution is 2.50. The summed E-state index contributed by atoms with van der Waals surface area (Å²) in [6.07, 6.45) is 14.9. The molecule has 5 nitrogen and oxygen atoms in total. The number of benzene rings is 1. The Balaban J connectivity index is 0.000000343. The third kappa shape index (κ3) is 8.32. The van der Waals surface area contributed by atoms with Crippen LogP contribution in [0.1, 0.15) is 94.8 Å². The van der Waals surface area contributed by atoms with Crippen LogP contribution in [0.5, 0.6) is 11.5 Å². The van der Waals surface area contributed by atoms with E-state index in [0.29, 0.717) is 11.5 Å². The van der Waals surface area contributed by atoms with Gasteiger partial charge in [-0.3, -0.25) is 0 Å². The number of aryl methyl sites for hydroxylation is 2. The first-order valence-corrected chi connectivity index (χ1v) is 16.3. The summed E-state index contributed by atoms with van der Waals surface area (Å²) < 4.78 is 18.0. The number of hydrogen-bond acceptors (Lipinski definition) is 5. The van der Waals surface area contributed by atoms with Gasteiger partial charge in [0.15, 0.2) is 11.5 Å². The van der Waals surface area contributed by atoms with Crippen LogP contribution in [0.2, 0.25) is 0 Å². The lowest BCUT2D eigenvalue weighted by Gasteiger charge is -2.57. The molecule has 1 aromatic carbocycles. The fraction of sp³-hybridized carbons (Fsp3) is 0.622. The second kappa shape index (κ2) is 14.8. The van der Waals surface area contributed by atoms with Gasteiger partial charge in [0, 0.05) is 24.1 Å². The summed E-state index contributed by atoms with van der Waals surface area (Å²) in [7, 11) is 6.14. The van der Waals surface area contributed by atoms with Gasteiger partial charge >= 0.3 is 0 Å². The van der Waals surface area contributed by atoms with Crippen LogP contribution in [0, 0.1) is 25.2 Å². The molecule has 42 heavy (non-hydrogen) atoms. The van der Waals surface area contributed by atoms with Crippen molar-refractivity contribution >= 4 is 11.1 Å². The lowest BCUT2D eigenvalue weighted by molar-refractivity contribution is -0.109. The molecule has 0 N–H and O–H groups in total. The maximum absolute atomic E-state index is 6.37. The van der Waals surface area contributed by atoms with Crippen LogP contribution in [-0.2, 0) is 0 Å². The monoisotopic (exact) mass is 576 g/mol. The number of ether oxygens (including phenoxy) is 2. The molecule has 0 unspecified atom stereocenters. The Morgan fingerprint density at radius 2 is 1.71 bits per heavy atom. The zero-order valence-corrected chi connectivity index (χ0v) is 27.7. The number of furan rings is 1. The smallest absolute Gasteiger partial charge is 0.161 e. The van der Waals surface area contributed by atoms with Gasteiger partial charge in [0.05, 0.1) is 7.11 Å². The molecule has 1 spiro atoms. The van der Waals surface area contributed by atoms with Crippen molar-refractivity contribution in [2.45, 2.75) is 92.1 Å². The Morgan fingerprint density at radius 1 is 1.00 bits per heavy atom. The van der Waals surface area contributed by atoms with Crippen LogP contribution in [-0.4, -0.2) is 63.3 Å². The average Bonchev–Trinajstić information content (AvgIpc) is 3.37. The molecule has 1 aromatic heterocycles. The highest BCUT2D eigenvalue weighted by molar-refractivity contribution is 5.83. The van der Waals surface area contributed by atoms with Crippen molar-refractivity contribution in [3.63, 3.8) is 0 Å². The highest BCUT2D eigenvalue weighted by Gasteiger charge is 2.52. The minimum absolute atomic E-state index is 0.297. The number of nitrogens with zero attached hydrogens (tertiary/aromatic N) is 2. The van der Waals surface area contributed by atoms with Gasteiger partial charge in [-0.2, -0.15) is 0 Å². The van der Waals surface area contributed by atoms with Crippen LogP contribution in [0.15, 0.2) is 40.8 Å². The molecule has 3 aliphatic rings. The first-order chi connectivity index (χ1) is 20.1. The predicted molar refractivity (Wildman–Crippen MR) is 176 cm³/mol. The molecular formula is C37H56N2O3. The van der Waals surface area contributed by atoms with Gasteiger partial charge in [0.25, 0.3) is 0 Å². The van der Waals surface area contributed by atoms with E-state index < -0.39 is 0 Å². The molecule has 2 saturated heterocycles. The number of rotatable bonds is 10. The number of piperidine rings is 1. The largest absolute Gasteiger partial charge is 0.493 e. The zero-order valence-electron chi connectivity index (χ0n) is 27.7. The van der Waals surface area contributed by atoms with E-state index in [2.05, 4.69) is 81.9 Å². The number of methoxy groups -OCH3 is 1. The second-order valence-corrected chi connectivity index (χ2v) is 13.4. The van der Waals surface area contributed by atoms with Crippen molar-refractivity contribution in [1.82, 2.24) is 9.80 Å². The molecule has 0 radical (unpaired) electrons. The van der Waals surface area contributed by atoms with Crippen molar-refractivity contribution in [2.24, 2.45) is 11.3 Å². The van der Waals surface area contributed by atoms with E-state index >= 15 is 0 Å². The van der Waals surface area contributed by atoms with E-state index in [9.17, 15) is 0 Å². The quantitative estimate of drug-likeness (QED) is 0.264. The number of allylic oxidation sites excluding steroid dienone is 4. The molecular weight excluding hydrogens is 520 g/mol. The van der Waals surface area contributed by atoms with E-state index in [1.165, 1.54) is 68.6 Å². The summed E-state index contributed by atoms with van der Waals surface area (Å²) in [4.78, 5) is 4.82. The Bertz CT molecular complexity index is 1200. The molecule has 0 amide bonds. The first kappa shape index (κ1) is 32.4. The van der Waals surface area contributed by atoms with E-state index in [1.54, 1.807) is 7.11 Å². The fourth-order valence-electron chi connectivity index (χ4n) is 7.05. The normalized spacial score (nSPS) is 20.1. The van der Waals surface area contributed by atoms with E-state index in [0.717, 1.165) is 60.2 Å². The fourth-order valence-corrected chi connectivity index (χ4v) is 7.05. The number of likely N-dealkylation sites (tertiary alicyclic amines) is 2. The molecule has 1 aliphatic carbocycles. The summed E-state index contributed by atoms with van der Waals surface area (Å²) in [5.74, 6) is 4.55. The van der Waals surface area contributed by atoms with Gasteiger partial charge in [0.1, 0.15) is 17.6 Å². The van der Waals surface area contributed by atoms with E-state index in [1.807, 2.05) is 13.0 Å². The van der Waals surface area contributed by atoms with Crippen molar-refractivity contribution in [1.29, 1.82) is 0 Å². The third-order valence-electron chi connectivity index (χ3n) is 9.35. The van der Waals surface area contributed by atoms with E-state index in [-0.39, 0.29) is 0 Å². The Morgan fingerprint density at radius 3 is 2.29 bits per heavy atom. The summed E-state index contributed by atoms with van der Waals surface area (Å²) in [6.45, 7) is 15.8. The highest BCUT2D eigenvalue weighted by atomic mass is 16.5. The summed E-state index contributed by atoms with van der Waals surface area (Å²) >= 11 is 0. The molecule has 1 saturated carbocycles. The average molecular weight is 577 g/mol. The SMILES string of the molecule is CCC/C=C(/C=C(/C)c1cc(OC)c(OC2CC3(C2)CN(C)C3)cc1C)c1ccc(C)o1.CCCC1CCN(C)CC1. The lowest BCUT2D eigenvalue weighted by Crippen LogP contribution is -2.63. The first-order valence-electron chi connectivity index (χ1n) is 16.3. The van der Waals surface area contributed by atoms with Crippen LogP contribution in [0.3, 0.4) is 0 Å². The summed E-state index contributed by atoms with van der Waals surface area (Å²) in [5, 5.41) is 0. The molecule has 2 aliphatic heterocycles. The van der Waals surface area contributed by atoms with Crippen molar-refractivity contribution in [2.75, 3.05) is 47.4 Å². The van der Waals surface area contributed by atoms with Gasteiger partial charge < -0.3 is 23.7 Å². The summed E-state index contributed by atoms with van der Waals surface area (Å²) in [5.41, 5.74) is 5.18. The number of unbranched alkanes of at least 4 members (excludes halogenated alkanes) is 1. The van der Waals surface area contributed by atoms with Gasteiger partial charge in [-0.15, -0.1) is 0 Å². The van der Waals surface area contributed by atoms with Gasteiger partial charge in [-0.1, -0.05) is 39.2 Å². The molecule has 3 heterocycles. The molecule has 5 heteroatoms. The van der Waals surface area contributed by atoms with Crippen LogP contribution in [0.4, 0.5) is 0 Å². The Kier molecular flexibility index (Phi) is 11.4. The standard InChI is InChI=1S/C28H37NO3.C9H19N/c1-7-8-9-22(25-11-10-21(4)31-25)12-19(2)24-14-26(30-6)27(13-20(24)3)32-23-15-28(16-23)17-29(5)18-28;1-3-4-9-5-7-10(2)8-6-9/h9-14,23H,7-8,15-18H2,1-6H3;9H,3-8H2,1-2H3/b19-12-,22-9-;. The molecule has 232 valence electrons. The molecule has 0 atom stereocenters. The maximum Gasteiger partial charge on any atom is 0.161 e. The zero-order chi connectivity index (χ0) is 30.3. The Hall–Kier alpha value is -2.50. The molecule has 5 rings (SSSR count). The van der Waals surface area contributed by atoms with Gasteiger partial charge in [-0.25, -0.2) is 0 Å². The van der Waals surface area contributed by atoms with Gasteiger partial charge in [0.2, 0.25) is 0 Å². The second-order valence-electron chi connectivity index (χ2n) is 13.4. The number of hydrogen-bond donors (Lipinski definition) is 0. The molecule has 3 fully saturated rings. The third-order valence-corrected chi connectivity index (χ3v) is 9.35. The van der Waals surface area contributed by atoms with Crippen LogP contribution < -0.4 is 9.47 Å². The van der Waals surface area contributed by atoms with Crippen molar-refractivity contribution in [3.8, 4) is 11.5 Å². The maximum atomic E-state index is 6.37. The topological polar surface area (TPSA) is 38.1 Å². The minimum Gasteiger partial charge on any atom is -0.493 e. The molecule has 2 aromatic rings. The van der Waals surface area contributed by atoms with Gasteiger partial charge in [-0.05, 0) is 133 Å². The summed E-state index contributed by atoms with van der Waals surface area (Å²) in [6, 6.07) is 8.32. The molecule has 0 bridgehead atoms.